The van der Waals surface area contributed by atoms with E-state index >= 15 is 0 Å². The summed E-state index contributed by atoms with van der Waals surface area (Å²) in [4.78, 5) is 12.5. The molecule has 0 heterocycles. The van der Waals surface area contributed by atoms with Crippen molar-refractivity contribution < 1.29 is 17.6 Å². The summed E-state index contributed by atoms with van der Waals surface area (Å²) < 4.78 is 40.8. The lowest BCUT2D eigenvalue weighted by Gasteiger charge is -2.20. The minimum absolute atomic E-state index is 0.00389. The number of nitrogens with one attached hydrogen (secondary N) is 3. The number of hydrogen-bond donors (Lipinski definition) is 3. The molecule has 8 heteroatoms. The summed E-state index contributed by atoms with van der Waals surface area (Å²) in [5.74, 6) is -0.899. The monoisotopic (exact) mass is 427 g/mol. The van der Waals surface area contributed by atoms with Crippen molar-refractivity contribution in [3.63, 3.8) is 0 Å². The van der Waals surface area contributed by atoms with E-state index in [-0.39, 0.29) is 17.0 Å². The lowest BCUT2D eigenvalue weighted by molar-refractivity contribution is 0.0925. The summed E-state index contributed by atoms with van der Waals surface area (Å²) >= 11 is 0. The quantitative estimate of drug-likeness (QED) is 0.482. The van der Waals surface area contributed by atoms with Crippen LogP contribution < -0.4 is 15.6 Å². The standard InChI is InChI=1S/C22H22FN3O3S/c1-16-7-13-20(14-8-16)30(28,29)24-15-21(17-5-3-2-4-6-17)25-26-22(27)18-9-11-19(23)12-10-18/h2-14,21,24-25H,15H2,1H3,(H,26,27)/t21-/m1/s1. The van der Waals surface area contributed by atoms with E-state index in [1.807, 2.05) is 37.3 Å². The highest BCUT2D eigenvalue weighted by Gasteiger charge is 2.19. The van der Waals surface area contributed by atoms with E-state index in [1.165, 1.54) is 24.3 Å². The summed E-state index contributed by atoms with van der Waals surface area (Å²) in [6, 6.07) is 20.2. The van der Waals surface area contributed by atoms with Crippen LogP contribution in [0.5, 0.6) is 0 Å². The number of hydrogen-bond acceptors (Lipinski definition) is 4. The van der Waals surface area contributed by atoms with E-state index in [4.69, 9.17) is 0 Å². The number of halogens is 1. The van der Waals surface area contributed by atoms with Gasteiger partial charge in [-0.1, -0.05) is 48.0 Å². The van der Waals surface area contributed by atoms with Gasteiger partial charge in [0.2, 0.25) is 10.0 Å². The molecule has 3 N–H and O–H groups in total. The van der Waals surface area contributed by atoms with Gasteiger partial charge in [0.05, 0.1) is 10.9 Å². The first kappa shape index (κ1) is 21.6. The Bertz CT molecular complexity index is 1090. The molecule has 1 atom stereocenters. The average molecular weight is 428 g/mol. The van der Waals surface area contributed by atoms with E-state index in [1.54, 1.807) is 24.3 Å². The number of rotatable bonds is 8. The fourth-order valence-electron chi connectivity index (χ4n) is 2.76. The van der Waals surface area contributed by atoms with Crippen molar-refractivity contribution in [3.05, 3.63) is 101 Å². The van der Waals surface area contributed by atoms with Crippen LogP contribution in [0.1, 0.15) is 27.5 Å². The largest absolute Gasteiger partial charge is 0.287 e. The van der Waals surface area contributed by atoms with Crippen LogP contribution in [0.15, 0.2) is 83.8 Å². The molecule has 0 saturated heterocycles. The Morgan fingerprint density at radius 2 is 1.57 bits per heavy atom. The molecule has 0 bridgehead atoms. The molecule has 30 heavy (non-hydrogen) atoms. The fraction of sp³-hybridized carbons (Fsp3) is 0.136. The van der Waals surface area contributed by atoms with Crippen LogP contribution in [-0.2, 0) is 10.0 Å². The average Bonchev–Trinajstić information content (AvgIpc) is 2.75. The van der Waals surface area contributed by atoms with Gasteiger partial charge in [-0.2, -0.15) is 0 Å². The molecule has 156 valence electrons. The number of aryl methyl sites for hydroxylation is 1. The highest BCUT2D eigenvalue weighted by atomic mass is 32.2. The molecule has 0 spiro atoms. The number of amides is 1. The molecule has 0 saturated carbocycles. The van der Waals surface area contributed by atoms with E-state index in [2.05, 4.69) is 15.6 Å². The second-order valence-electron chi connectivity index (χ2n) is 6.73. The Hall–Kier alpha value is -3.07. The zero-order valence-corrected chi connectivity index (χ0v) is 17.1. The lowest BCUT2D eigenvalue weighted by Crippen LogP contribution is -2.44. The number of carbonyl (C=O) groups excluding carboxylic acids is 1. The number of hydrazine groups is 1. The zero-order chi connectivity index (χ0) is 21.6. The van der Waals surface area contributed by atoms with Crippen molar-refractivity contribution >= 4 is 15.9 Å². The van der Waals surface area contributed by atoms with E-state index in [9.17, 15) is 17.6 Å². The molecule has 0 radical (unpaired) electrons. The number of benzene rings is 3. The maximum atomic E-state index is 13.0. The third-order valence-corrected chi connectivity index (χ3v) is 5.92. The molecule has 0 aliphatic heterocycles. The van der Waals surface area contributed by atoms with Crippen LogP contribution in [0.2, 0.25) is 0 Å². The van der Waals surface area contributed by atoms with Crippen molar-refractivity contribution in [2.45, 2.75) is 17.9 Å². The van der Waals surface area contributed by atoms with Crippen molar-refractivity contribution in [3.8, 4) is 0 Å². The number of carbonyl (C=O) groups is 1. The molecule has 0 aliphatic carbocycles. The molecule has 0 aromatic heterocycles. The summed E-state index contributed by atoms with van der Waals surface area (Å²) in [5, 5.41) is 0. The highest BCUT2D eigenvalue weighted by Crippen LogP contribution is 2.14. The van der Waals surface area contributed by atoms with E-state index < -0.39 is 27.8 Å². The first-order chi connectivity index (χ1) is 14.3. The Balaban J connectivity index is 1.70. The van der Waals surface area contributed by atoms with Crippen LogP contribution in [0.4, 0.5) is 4.39 Å². The predicted octanol–water partition coefficient (Wildman–Crippen LogP) is 3.09. The molecule has 3 aromatic carbocycles. The second kappa shape index (κ2) is 9.62. The highest BCUT2D eigenvalue weighted by molar-refractivity contribution is 7.89. The topological polar surface area (TPSA) is 87.3 Å². The van der Waals surface area contributed by atoms with Crippen molar-refractivity contribution in [2.24, 2.45) is 0 Å². The third-order valence-electron chi connectivity index (χ3n) is 4.48. The number of sulfonamides is 1. The maximum absolute atomic E-state index is 13.0. The molecular formula is C22H22FN3O3S. The fourth-order valence-corrected chi connectivity index (χ4v) is 3.80. The molecular weight excluding hydrogens is 405 g/mol. The van der Waals surface area contributed by atoms with Gasteiger partial charge in [0.15, 0.2) is 0 Å². The van der Waals surface area contributed by atoms with Crippen LogP contribution in [-0.4, -0.2) is 20.9 Å². The van der Waals surface area contributed by atoms with Gasteiger partial charge < -0.3 is 0 Å². The smallest absolute Gasteiger partial charge is 0.265 e. The maximum Gasteiger partial charge on any atom is 0.265 e. The van der Waals surface area contributed by atoms with Crippen molar-refractivity contribution in [1.82, 2.24) is 15.6 Å². The molecule has 0 unspecified atom stereocenters. The summed E-state index contributed by atoms with van der Waals surface area (Å²) in [6.07, 6.45) is 0. The second-order valence-corrected chi connectivity index (χ2v) is 8.50. The van der Waals surface area contributed by atoms with Gasteiger partial charge in [0, 0.05) is 12.1 Å². The van der Waals surface area contributed by atoms with Gasteiger partial charge in [0.1, 0.15) is 5.82 Å². The van der Waals surface area contributed by atoms with Gasteiger partial charge in [-0.05, 0) is 48.9 Å². The predicted molar refractivity (Wildman–Crippen MR) is 113 cm³/mol. The van der Waals surface area contributed by atoms with Gasteiger partial charge in [0.25, 0.3) is 5.91 Å². The summed E-state index contributed by atoms with van der Waals surface area (Å²) in [5.41, 5.74) is 7.43. The SMILES string of the molecule is Cc1ccc(S(=O)(=O)NC[C@@H](NNC(=O)c2ccc(F)cc2)c2ccccc2)cc1. The molecule has 1 amide bonds. The first-order valence-corrected chi connectivity index (χ1v) is 10.8. The summed E-state index contributed by atoms with van der Waals surface area (Å²) in [6.45, 7) is 1.88. The van der Waals surface area contributed by atoms with Crippen LogP contribution >= 0.6 is 0 Å². The van der Waals surface area contributed by atoms with E-state index in [0.29, 0.717) is 0 Å². The van der Waals surface area contributed by atoms with Crippen molar-refractivity contribution in [1.29, 1.82) is 0 Å². The molecule has 6 nitrogen and oxygen atoms in total. The van der Waals surface area contributed by atoms with Gasteiger partial charge in [-0.3, -0.25) is 10.2 Å². The van der Waals surface area contributed by atoms with Gasteiger partial charge in [-0.15, -0.1) is 0 Å². The third kappa shape index (κ3) is 5.73. The van der Waals surface area contributed by atoms with Gasteiger partial charge in [-0.25, -0.2) is 23.0 Å². The minimum Gasteiger partial charge on any atom is -0.287 e. The van der Waals surface area contributed by atoms with Crippen LogP contribution in [0, 0.1) is 12.7 Å². The molecule has 0 aliphatic rings. The normalized spacial score (nSPS) is 12.3. The lowest BCUT2D eigenvalue weighted by atomic mass is 10.1. The Morgan fingerprint density at radius 1 is 0.933 bits per heavy atom. The Kier molecular flexibility index (Phi) is 6.94. The molecule has 0 fully saturated rings. The zero-order valence-electron chi connectivity index (χ0n) is 16.3. The Labute approximate surface area is 175 Å². The molecule has 3 aromatic rings. The first-order valence-electron chi connectivity index (χ1n) is 9.28. The summed E-state index contributed by atoms with van der Waals surface area (Å²) in [7, 11) is -3.72. The van der Waals surface area contributed by atoms with Gasteiger partial charge >= 0.3 is 0 Å². The molecule has 3 rings (SSSR count). The minimum atomic E-state index is -3.72. The Morgan fingerprint density at radius 3 is 2.20 bits per heavy atom. The van der Waals surface area contributed by atoms with Crippen LogP contribution in [0.25, 0.3) is 0 Å². The van der Waals surface area contributed by atoms with Crippen molar-refractivity contribution in [2.75, 3.05) is 6.54 Å². The van der Waals surface area contributed by atoms with E-state index in [0.717, 1.165) is 11.1 Å². The van der Waals surface area contributed by atoms with Crippen LogP contribution in [0.3, 0.4) is 0 Å².